The van der Waals surface area contributed by atoms with Crippen molar-refractivity contribution in [3.8, 4) is 5.75 Å². The lowest BCUT2D eigenvalue weighted by atomic mass is 9.77. The first kappa shape index (κ1) is 15.9. The summed E-state index contributed by atoms with van der Waals surface area (Å²) in [5, 5.41) is 0. The van der Waals surface area contributed by atoms with Gasteiger partial charge in [0.25, 0.3) is 0 Å². The van der Waals surface area contributed by atoms with Gasteiger partial charge in [0.1, 0.15) is 5.75 Å². The minimum atomic E-state index is -0.289. The highest BCUT2D eigenvalue weighted by Gasteiger charge is 2.27. The van der Waals surface area contributed by atoms with Crippen LogP contribution in [0.25, 0.3) is 0 Å². The van der Waals surface area contributed by atoms with Crippen molar-refractivity contribution in [2.75, 3.05) is 19.8 Å². The summed E-state index contributed by atoms with van der Waals surface area (Å²) in [6.07, 6.45) is 5.78. The van der Waals surface area contributed by atoms with E-state index in [1.807, 2.05) is 18.2 Å². The Morgan fingerprint density at radius 3 is 2.75 bits per heavy atom. The summed E-state index contributed by atoms with van der Waals surface area (Å²) in [6.45, 7) is 4.45. The molecule has 0 saturated carbocycles. The summed E-state index contributed by atoms with van der Waals surface area (Å²) in [6, 6.07) is 6.01. The van der Waals surface area contributed by atoms with Gasteiger partial charge in [0, 0.05) is 23.1 Å². The van der Waals surface area contributed by atoms with Gasteiger partial charge in [-0.3, -0.25) is 0 Å². The van der Waals surface area contributed by atoms with Gasteiger partial charge in [-0.1, -0.05) is 48.2 Å². The van der Waals surface area contributed by atoms with Crippen LogP contribution in [0.3, 0.4) is 0 Å². The highest BCUT2D eigenvalue weighted by Crippen LogP contribution is 2.19. The van der Waals surface area contributed by atoms with E-state index in [0.29, 0.717) is 0 Å². The van der Waals surface area contributed by atoms with Crippen LogP contribution < -0.4 is 10.2 Å². The lowest BCUT2D eigenvalue weighted by molar-refractivity contribution is 0.142. The van der Waals surface area contributed by atoms with E-state index in [9.17, 15) is 0 Å². The molecule has 5 heteroatoms. The van der Waals surface area contributed by atoms with Crippen LogP contribution in [0.4, 0.5) is 0 Å². The van der Waals surface area contributed by atoms with Gasteiger partial charge in [-0.15, -0.1) is 0 Å². The Morgan fingerprint density at radius 2 is 2.00 bits per heavy atom. The third kappa shape index (κ3) is 4.79. The van der Waals surface area contributed by atoms with E-state index < -0.39 is 0 Å². The van der Waals surface area contributed by atoms with E-state index in [0.717, 1.165) is 48.3 Å². The van der Waals surface area contributed by atoms with Crippen molar-refractivity contribution in [1.29, 1.82) is 0 Å². The number of hydrogen-bond acceptors (Lipinski definition) is 3. The second kappa shape index (κ2) is 8.70. The molecular formula is C15H22BBrO3. The number of rotatable bonds is 7. The van der Waals surface area contributed by atoms with Crippen molar-refractivity contribution < 1.29 is 14.0 Å². The van der Waals surface area contributed by atoms with Crippen LogP contribution in [0, 0.1) is 0 Å². The summed E-state index contributed by atoms with van der Waals surface area (Å²) < 4.78 is 18.3. The normalized spacial score (nSPS) is 15.4. The maximum absolute atomic E-state index is 5.93. The Hall–Kier alpha value is -0.515. The minimum absolute atomic E-state index is 0.289. The molecule has 0 bridgehead atoms. The number of unbranched alkanes of at least 4 members (excludes halogenated alkanes) is 3. The fourth-order valence-electron chi connectivity index (χ4n) is 2.21. The van der Waals surface area contributed by atoms with E-state index in [1.165, 1.54) is 19.3 Å². The van der Waals surface area contributed by atoms with E-state index in [2.05, 4.69) is 22.9 Å². The molecule has 1 heterocycles. The van der Waals surface area contributed by atoms with E-state index >= 15 is 0 Å². The zero-order chi connectivity index (χ0) is 14.2. The van der Waals surface area contributed by atoms with Crippen molar-refractivity contribution in [3.05, 3.63) is 22.7 Å². The Kier molecular flexibility index (Phi) is 6.90. The van der Waals surface area contributed by atoms with Gasteiger partial charge in [0.15, 0.2) is 0 Å². The van der Waals surface area contributed by atoms with Crippen LogP contribution in [-0.4, -0.2) is 26.9 Å². The average Bonchev–Trinajstić information content (AvgIpc) is 2.48. The zero-order valence-electron chi connectivity index (χ0n) is 12.1. The highest BCUT2D eigenvalue weighted by atomic mass is 79.9. The first-order valence-corrected chi connectivity index (χ1v) is 8.26. The topological polar surface area (TPSA) is 27.7 Å². The summed E-state index contributed by atoms with van der Waals surface area (Å²) in [7, 11) is -0.289. The zero-order valence-corrected chi connectivity index (χ0v) is 13.7. The first-order chi connectivity index (χ1) is 9.81. The molecule has 0 aliphatic carbocycles. The SMILES string of the molecule is CCCCCCOc1cc(Br)ccc1B1OCCCO1. The van der Waals surface area contributed by atoms with E-state index in [1.54, 1.807) is 0 Å². The molecule has 1 aliphatic rings. The number of benzene rings is 1. The highest BCUT2D eigenvalue weighted by molar-refractivity contribution is 9.10. The Morgan fingerprint density at radius 1 is 1.20 bits per heavy atom. The lowest BCUT2D eigenvalue weighted by Gasteiger charge is -2.22. The van der Waals surface area contributed by atoms with Crippen molar-refractivity contribution in [1.82, 2.24) is 0 Å². The molecule has 1 aliphatic heterocycles. The van der Waals surface area contributed by atoms with Crippen LogP contribution in [0.1, 0.15) is 39.0 Å². The maximum Gasteiger partial charge on any atom is 0.497 e. The smallest absolute Gasteiger partial charge is 0.494 e. The fourth-order valence-corrected chi connectivity index (χ4v) is 2.55. The van der Waals surface area contributed by atoms with Gasteiger partial charge < -0.3 is 14.0 Å². The molecule has 0 atom stereocenters. The molecule has 110 valence electrons. The number of hydrogen-bond donors (Lipinski definition) is 0. The average molecular weight is 341 g/mol. The number of halogens is 1. The molecule has 0 N–H and O–H groups in total. The molecule has 1 fully saturated rings. The first-order valence-electron chi connectivity index (χ1n) is 7.46. The van der Waals surface area contributed by atoms with E-state index in [4.69, 9.17) is 14.0 Å². The molecule has 1 aromatic rings. The predicted molar refractivity (Wildman–Crippen MR) is 85.7 cm³/mol. The van der Waals surface area contributed by atoms with Crippen LogP contribution in [-0.2, 0) is 9.31 Å². The maximum atomic E-state index is 5.93. The molecule has 1 aromatic carbocycles. The Bertz CT molecular complexity index is 408. The van der Waals surface area contributed by atoms with Gasteiger partial charge in [0.05, 0.1) is 6.61 Å². The van der Waals surface area contributed by atoms with Crippen LogP contribution in [0.2, 0.25) is 0 Å². The molecular weight excluding hydrogens is 319 g/mol. The summed E-state index contributed by atoms with van der Waals surface area (Å²) in [5.41, 5.74) is 0.989. The third-order valence-corrected chi connectivity index (χ3v) is 3.81. The Balaban J connectivity index is 1.96. The Labute approximate surface area is 130 Å². The van der Waals surface area contributed by atoms with Gasteiger partial charge in [0.2, 0.25) is 0 Å². The summed E-state index contributed by atoms with van der Waals surface area (Å²) in [5.74, 6) is 0.864. The van der Waals surface area contributed by atoms with Crippen LogP contribution in [0.15, 0.2) is 22.7 Å². The standard InChI is InChI=1S/C15H22BBrO3/c1-2-3-4-5-9-18-15-12-13(17)7-8-14(15)16-19-10-6-11-20-16/h7-8,12H,2-6,9-11H2,1H3. The monoisotopic (exact) mass is 340 g/mol. The van der Waals surface area contributed by atoms with Gasteiger partial charge in [-0.05, 0) is 25.0 Å². The molecule has 2 rings (SSSR count). The van der Waals surface area contributed by atoms with Crippen molar-refractivity contribution in [2.45, 2.75) is 39.0 Å². The predicted octanol–water partition coefficient (Wildman–Crippen LogP) is 3.54. The number of ether oxygens (including phenoxy) is 1. The lowest BCUT2D eigenvalue weighted by Crippen LogP contribution is -2.41. The molecule has 0 unspecified atom stereocenters. The largest absolute Gasteiger partial charge is 0.497 e. The fraction of sp³-hybridized carbons (Fsp3) is 0.600. The van der Waals surface area contributed by atoms with Gasteiger partial charge in [-0.25, -0.2) is 0 Å². The van der Waals surface area contributed by atoms with Crippen LogP contribution in [0.5, 0.6) is 5.75 Å². The third-order valence-electron chi connectivity index (χ3n) is 3.31. The molecule has 0 amide bonds. The molecule has 0 aromatic heterocycles. The van der Waals surface area contributed by atoms with Crippen LogP contribution >= 0.6 is 15.9 Å². The van der Waals surface area contributed by atoms with Crippen molar-refractivity contribution in [2.24, 2.45) is 0 Å². The molecule has 0 radical (unpaired) electrons. The minimum Gasteiger partial charge on any atom is -0.494 e. The molecule has 20 heavy (non-hydrogen) atoms. The quantitative estimate of drug-likeness (QED) is 0.561. The van der Waals surface area contributed by atoms with Gasteiger partial charge in [-0.2, -0.15) is 0 Å². The van der Waals surface area contributed by atoms with Crippen molar-refractivity contribution in [3.63, 3.8) is 0 Å². The molecule has 3 nitrogen and oxygen atoms in total. The second-order valence-electron chi connectivity index (χ2n) is 5.02. The summed E-state index contributed by atoms with van der Waals surface area (Å²) in [4.78, 5) is 0. The van der Waals surface area contributed by atoms with Gasteiger partial charge >= 0.3 is 7.12 Å². The second-order valence-corrected chi connectivity index (χ2v) is 5.93. The molecule has 0 spiro atoms. The molecule has 1 saturated heterocycles. The van der Waals surface area contributed by atoms with E-state index in [-0.39, 0.29) is 7.12 Å². The summed E-state index contributed by atoms with van der Waals surface area (Å²) >= 11 is 3.49. The van der Waals surface area contributed by atoms with Crippen molar-refractivity contribution >= 4 is 28.5 Å².